The molecule has 234 valence electrons. The summed E-state index contributed by atoms with van der Waals surface area (Å²) in [6.45, 7) is 2.63. The standard InChI is InChI=1S/C33H33F2N5O5/c34-22-14-33(9-3-10-40(33)16-22)19-44-31-37-29-25-15-36-28(27(29)35)24-7-2-6-20-4-1-5-21(26(20)24)8-12-43-32(41)45-23-17-39(30(25)38-31)11-13-42-18-23/h1-2,4-7,15,22-23H,3,8-14,16-19H2/t22-,23+,33+/m1/s1. The van der Waals surface area contributed by atoms with Gasteiger partial charge in [0, 0.05) is 37.7 Å². The molecule has 5 aliphatic heterocycles. The van der Waals surface area contributed by atoms with Crippen molar-refractivity contribution in [2.45, 2.75) is 43.5 Å². The molecule has 0 radical (unpaired) electrons. The van der Waals surface area contributed by atoms with Gasteiger partial charge in [-0.15, -0.1) is 0 Å². The maximum atomic E-state index is 16.8. The van der Waals surface area contributed by atoms with E-state index in [1.165, 1.54) is 0 Å². The van der Waals surface area contributed by atoms with Crippen LogP contribution < -0.4 is 9.64 Å². The van der Waals surface area contributed by atoms with Gasteiger partial charge in [0.25, 0.3) is 0 Å². The summed E-state index contributed by atoms with van der Waals surface area (Å²) in [4.78, 5) is 30.8. The van der Waals surface area contributed by atoms with Crippen molar-refractivity contribution in [2.24, 2.45) is 0 Å². The van der Waals surface area contributed by atoms with Gasteiger partial charge < -0.3 is 23.8 Å². The van der Waals surface area contributed by atoms with Crippen molar-refractivity contribution < 1.29 is 32.5 Å². The molecule has 2 aromatic carbocycles. The SMILES string of the molecule is O=C1OCCc2cccc3cccc(c23)-c2ncc3c(nc(OC[C@@]45CCCN4C[C@H](F)C5)nc3c2F)N2CCOC[C@H](C2)O1. The number of hydrogen-bond acceptors (Lipinski definition) is 10. The van der Waals surface area contributed by atoms with Crippen molar-refractivity contribution in [3.8, 4) is 17.3 Å². The van der Waals surface area contributed by atoms with Crippen molar-refractivity contribution in [3.63, 3.8) is 0 Å². The minimum atomic E-state index is -0.911. The molecule has 2 aromatic heterocycles. The minimum absolute atomic E-state index is 0.00106. The summed E-state index contributed by atoms with van der Waals surface area (Å²) in [5.41, 5.74) is 1.27. The van der Waals surface area contributed by atoms with Crippen LogP contribution in [0.15, 0.2) is 42.6 Å². The highest BCUT2D eigenvalue weighted by atomic mass is 19.1. The number of carbonyl (C=O) groups is 1. The van der Waals surface area contributed by atoms with Crippen LogP contribution in [-0.4, -0.2) is 96.4 Å². The molecule has 3 fully saturated rings. The molecule has 0 spiro atoms. The summed E-state index contributed by atoms with van der Waals surface area (Å²) in [6, 6.07) is 11.5. The van der Waals surface area contributed by atoms with Crippen molar-refractivity contribution in [3.05, 3.63) is 54.0 Å². The van der Waals surface area contributed by atoms with Crippen LogP contribution >= 0.6 is 0 Å². The Morgan fingerprint density at radius 1 is 1.09 bits per heavy atom. The van der Waals surface area contributed by atoms with Crippen LogP contribution in [0.1, 0.15) is 24.8 Å². The molecule has 0 amide bonds. The van der Waals surface area contributed by atoms with E-state index >= 15 is 4.39 Å². The highest BCUT2D eigenvalue weighted by molar-refractivity contribution is 6.00. The zero-order valence-corrected chi connectivity index (χ0v) is 24.7. The van der Waals surface area contributed by atoms with Crippen molar-refractivity contribution in [2.75, 3.05) is 57.5 Å². The maximum absolute atomic E-state index is 16.8. The molecule has 10 nitrogen and oxygen atoms in total. The maximum Gasteiger partial charge on any atom is 0.508 e. The van der Waals surface area contributed by atoms with Crippen LogP contribution in [0.25, 0.3) is 32.9 Å². The lowest BCUT2D eigenvalue weighted by Crippen LogP contribution is -2.43. The van der Waals surface area contributed by atoms with E-state index in [9.17, 15) is 9.18 Å². The van der Waals surface area contributed by atoms with Crippen LogP contribution in [0.2, 0.25) is 0 Å². The first kappa shape index (κ1) is 28.3. The summed E-state index contributed by atoms with van der Waals surface area (Å²) in [5, 5.41) is 2.11. The average molecular weight is 618 g/mol. The van der Waals surface area contributed by atoms with E-state index < -0.39 is 29.8 Å². The van der Waals surface area contributed by atoms with Gasteiger partial charge in [0.2, 0.25) is 0 Å². The molecule has 7 heterocycles. The van der Waals surface area contributed by atoms with E-state index in [0.29, 0.717) is 49.3 Å². The number of nitrogens with zero attached hydrogens (tertiary/aromatic N) is 5. The number of carbonyl (C=O) groups excluding carboxylic acids is 1. The lowest BCUT2D eigenvalue weighted by molar-refractivity contribution is -0.00377. The van der Waals surface area contributed by atoms with Crippen LogP contribution in [-0.2, 0) is 20.6 Å². The number of halogens is 2. The summed E-state index contributed by atoms with van der Waals surface area (Å²) in [5.74, 6) is -0.201. The van der Waals surface area contributed by atoms with Gasteiger partial charge in [-0.25, -0.2) is 13.6 Å². The summed E-state index contributed by atoms with van der Waals surface area (Å²) in [6.07, 6.45) is 1.81. The molecule has 12 heteroatoms. The molecule has 0 unspecified atom stereocenters. The number of anilines is 1. The van der Waals surface area contributed by atoms with Gasteiger partial charge in [-0.2, -0.15) is 9.97 Å². The number of hydrogen-bond donors (Lipinski definition) is 0. The van der Waals surface area contributed by atoms with Gasteiger partial charge in [0.1, 0.15) is 35.9 Å². The number of fused-ring (bicyclic) bond motifs is 6. The second-order valence-electron chi connectivity index (χ2n) is 12.3. The van der Waals surface area contributed by atoms with Crippen LogP contribution in [0, 0.1) is 5.82 Å². The van der Waals surface area contributed by atoms with Gasteiger partial charge in [0.05, 0.1) is 37.3 Å². The largest absolute Gasteiger partial charge is 0.508 e. The molecule has 6 bridgehead atoms. The monoisotopic (exact) mass is 617 g/mol. The fourth-order valence-electron chi connectivity index (χ4n) is 7.44. The Morgan fingerprint density at radius 3 is 2.89 bits per heavy atom. The summed E-state index contributed by atoms with van der Waals surface area (Å²) < 4.78 is 54.4. The topological polar surface area (TPSA) is 99.1 Å². The van der Waals surface area contributed by atoms with Gasteiger partial charge in [-0.05, 0) is 35.7 Å². The highest BCUT2D eigenvalue weighted by Gasteiger charge is 2.49. The van der Waals surface area contributed by atoms with Gasteiger partial charge in [-0.3, -0.25) is 9.88 Å². The molecule has 3 saturated heterocycles. The molecule has 0 aliphatic carbocycles. The Kier molecular flexibility index (Phi) is 7.13. The average Bonchev–Trinajstić information content (AvgIpc) is 3.46. The summed E-state index contributed by atoms with van der Waals surface area (Å²) in [7, 11) is 0. The Bertz CT molecular complexity index is 1790. The molecular formula is C33H33F2N5O5. The zero-order chi connectivity index (χ0) is 30.5. The molecule has 45 heavy (non-hydrogen) atoms. The fourth-order valence-corrected chi connectivity index (χ4v) is 7.44. The first-order chi connectivity index (χ1) is 22.0. The zero-order valence-electron chi connectivity index (χ0n) is 24.7. The van der Waals surface area contributed by atoms with Crippen molar-refractivity contribution in [1.29, 1.82) is 0 Å². The lowest BCUT2D eigenvalue weighted by atomic mass is 9.95. The summed E-state index contributed by atoms with van der Waals surface area (Å²) >= 11 is 0. The van der Waals surface area contributed by atoms with E-state index in [0.717, 1.165) is 35.7 Å². The second-order valence-corrected chi connectivity index (χ2v) is 12.3. The van der Waals surface area contributed by atoms with Crippen LogP contribution in [0.5, 0.6) is 6.01 Å². The quantitative estimate of drug-likeness (QED) is 0.297. The van der Waals surface area contributed by atoms with E-state index in [1.807, 2.05) is 41.3 Å². The van der Waals surface area contributed by atoms with Crippen molar-refractivity contribution in [1.82, 2.24) is 19.9 Å². The Hall–Kier alpha value is -4.16. The number of ether oxygens (including phenoxy) is 4. The lowest BCUT2D eigenvalue weighted by Gasteiger charge is -2.31. The first-order valence-corrected chi connectivity index (χ1v) is 15.5. The van der Waals surface area contributed by atoms with Gasteiger partial charge >= 0.3 is 12.2 Å². The molecular weight excluding hydrogens is 584 g/mol. The van der Waals surface area contributed by atoms with E-state index in [4.69, 9.17) is 23.9 Å². The first-order valence-electron chi connectivity index (χ1n) is 15.5. The Balaban J connectivity index is 1.29. The van der Waals surface area contributed by atoms with Crippen LogP contribution in [0.3, 0.4) is 0 Å². The number of aromatic nitrogens is 3. The number of pyridine rings is 1. The number of alkyl halides is 1. The predicted molar refractivity (Wildman–Crippen MR) is 162 cm³/mol. The minimum Gasteiger partial charge on any atom is -0.461 e. The molecule has 3 atom stereocenters. The Labute approximate surface area is 258 Å². The third kappa shape index (κ3) is 5.09. The van der Waals surface area contributed by atoms with E-state index in [1.54, 1.807) is 6.20 Å². The highest BCUT2D eigenvalue weighted by Crippen LogP contribution is 2.41. The third-order valence-electron chi connectivity index (χ3n) is 9.51. The van der Waals surface area contributed by atoms with Gasteiger partial charge in [-0.1, -0.05) is 36.4 Å². The fraction of sp³-hybridized carbons (Fsp3) is 0.455. The number of rotatable bonds is 3. The smallest absolute Gasteiger partial charge is 0.461 e. The molecule has 0 N–H and O–H groups in total. The van der Waals surface area contributed by atoms with Crippen molar-refractivity contribution >= 4 is 33.6 Å². The predicted octanol–water partition coefficient (Wildman–Crippen LogP) is 4.85. The Morgan fingerprint density at radius 2 is 1.98 bits per heavy atom. The molecule has 4 aromatic rings. The second kappa shape index (κ2) is 11.3. The molecule has 0 saturated carbocycles. The molecule has 5 aliphatic rings. The third-order valence-corrected chi connectivity index (χ3v) is 9.51. The number of benzene rings is 2. The van der Waals surface area contributed by atoms with Gasteiger partial charge in [0.15, 0.2) is 5.82 Å². The van der Waals surface area contributed by atoms with Crippen LogP contribution in [0.4, 0.5) is 19.4 Å². The van der Waals surface area contributed by atoms with E-state index in [2.05, 4.69) is 14.9 Å². The van der Waals surface area contributed by atoms with E-state index in [-0.39, 0.29) is 43.6 Å². The molecule has 9 rings (SSSR count). The normalized spacial score (nSPS) is 25.4.